The van der Waals surface area contributed by atoms with Crippen LogP contribution in [0.3, 0.4) is 0 Å². The highest BCUT2D eigenvalue weighted by atomic mass is 16.7. The van der Waals surface area contributed by atoms with Gasteiger partial charge in [-0.2, -0.15) is 5.90 Å². The molecule has 1 aliphatic heterocycles. The van der Waals surface area contributed by atoms with Crippen molar-refractivity contribution in [3.63, 3.8) is 0 Å². The first-order valence-corrected chi connectivity index (χ1v) is 9.27. The van der Waals surface area contributed by atoms with Crippen LogP contribution in [0.1, 0.15) is 30.4 Å². The van der Waals surface area contributed by atoms with Gasteiger partial charge in [-0.15, -0.1) is 0 Å². The zero-order valence-electron chi connectivity index (χ0n) is 16.0. The molecule has 2 aromatic carbocycles. The lowest BCUT2D eigenvalue weighted by Crippen LogP contribution is -2.39. The molecule has 152 valence electrons. The number of hydrogen-bond acceptors (Lipinski definition) is 7. The van der Waals surface area contributed by atoms with Gasteiger partial charge in [-0.3, -0.25) is 9.59 Å². The highest BCUT2D eigenvalue weighted by Crippen LogP contribution is 2.48. The van der Waals surface area contributed by atoms with Crippen molar-refractivity contribution in [2.75, 3.05) is 11.5 Å². The number of ketones is 1. The van der Waals surface area contributed by atoms with Crippen molar-refractivity contribution < 1.29 is 24.0 Å². The molecule has 2 unspecified atom stereocenters. The van der Waals surface area contributed by atoms with E-state index in [1.54, 1.807) is 12.1 Å². The quantitative estimate of drug-likeness (QED) is 0.510. The first-order chi connectivity index (χ1) is 14.0. The van der Waals surface area contributed by atoms with Crippen LogP contribution in [0.5, 0.6) is 5.75 Å². The Hall–Kier alpha value is -3.39. The van der Waals surface area contributed by atoms with Crippen molar-refractivity contribution in [3.8, 4) is 5.75 Å². The van der Waals surface area contributed by atoms with Gasteiger partial charge in [0.1, 0.15) is 5.75 Å². The number of rotatable bonds is 8. The van der Waals surface area contributed by atoms with Crippen LogP contribution in [-0.2, 0) is 25.8 Å². The molecule has 0 spiro atoms. The van der Waals surface area contributed by atoms with E-state index in [-0.39, 0.29) is 6.04 Å². The summed E-state index contributed by atoms with van der Waals surface area (Å²) in [4.78, 5) is 42.1. The number of nitrogens with zero attached hydrogens (tertiary/aromatic N) is 1. The molecular weight excluding hydrogens is 374 g/mol. The smallest absolute Gasteiger partial charge is 0.362 e. The van der Waals surface area contributed by atoms with Gasteiger partial charge in [0.2, 0.25) is 5.78 Å². The highest BCUT2D eigenvalue weighted by molar-refractivity contribution is 6.38. The summed E-state index contributed by atoms with van der Waals surface area (Å²) in [5.74, 6) is 1.94. The average Bonchev–Trinajstić information content (AvgIpc) is 3.05. The minimum Gasteiger partial charge on any atom is -0.481 e. The lowest BCUT2D eigenvalue weighted by Gasteiger charge is -2.29. The number of primary amides is 1. The zero-order chi connectivity index (χ0) is 21.0. The van der Waals surface area contributed by atoms with E-state index < -0.39 is 30.2 Å². The summed E-state index contributed by atoms with van der Waals surface area (Å²) >= 11 is 0. The van der Waals surface area contributed by atoms with E-state index in [0.717, 1.165) is 11.3 Å². The molecule has 0 aliphatic carbocycles. The number of fused-ring (bicyclic) bond motifs is 1. The molecule has 0 bridgehead atoms. The summed E-state index contributed by atoms with van der Waals surface area (Å²) in [6, 6.07) is 14.8. The third-order valence-electron chi connectivity index (χ3n) is 5.06. The van der Waals surface area contributed by atoms with Gasteiger partial charge in [0, 0.05) is 23.8 Å². The molecule has 8 heteroatoms. The normalized spacial score (nSPS) is 17.5. The van der Waals surface area contributed by atoms with E-state index >= 15 is 0 Å². The number of Topliss-reactive ketones (excluding diaryl/α,β-unsaturated/α-hetero) is 1. The summed E-state index contributed by atoms with van der Waals surface area (Å²) in [5.41, 5.74) is 7.71. The average molecular weight is 397 g/mol. The van der Waals surface area contributed by atoms with Crippen molar-refractivity contribution in [3.05, 3.63) is 59.7 Å². The fourth-order valence-electron chi connectivity index (χ4n) is 3.84. The molecule has 0 saturated heterocycles. The molecule has 1 aliphatic rings. The third kappa shape index (κ3) is 4.07. The number of carbonyl (C=O) groups is 3. The van der Waals surface area contributed by atoms with Crippen molar-refractivity contribution in [2.45, 2.75) is 31.8 Å². The van der Waals surface area contributed by atoms with Crippen LogP contribution in [0.25, 0.3) is 0 Å². The Morgan fingerprint density at radius 1 is 1.07 bits per heavy atom. The zero-order valence-corrected chi connectivity index (χ0v) is 16.0. The van der Waals surface area contributed by atoms with Gasteiger partial charge in [-0.25, -0.2) is 4.79 Å². The van der Waals surface area contributed by atoms with Gasteiger partial charge >= 0.3 is 5.97 Å². The number of amides is 1. The van der Waals surface area contributed by atoms with E-state index in [4.69, 9.17) is 16.4 Å². The lowest BCUT2D eigenvalue weighted by atomic mass is 9.88. The van der Waals surface area contributed by atoms with Crippen molar-refractivity contribution in [1.82, 2.24) is 0 Å². The first kappa shape index (κ1) is 20.3. The first-order valence-electron chi connectivity index (χ1n) is 9.27. The minimum absolute atomic E-state index is 0.281. The van der Waals surface area contributed by atoms with E-state index in [1.807, 2.05) is 43.3 Å². The van der Waals surface area contributed by atoms with Gasteiger partial charge in [0.05, 0.1) is 5.92 Å². The Balaban J connectivity index is 2.06. The van der Waals surface area contributed by atoms with Crippen molar-refractivity contribution >= 4 is 23.3 Å². The molecule has 0 radical (unpaired) electrons. The standard InChI is InChI=1S/C21H23N3O5/c1-2-14-19(20(26)21(22)27)18-15(24(14)11-13-7-4-3-5-8-13)9-6-10-16(18)28-12-17(25)29-23/h3-10,14,19H,2,11-12,23H2,1H3,(H2,22,27). The Morgan fingerprint density at radius 2 is 1.79 bits per heavy atom. The van der Waals surface area contributed by atoms with Gasteiger partial charge in [0.25, 0.3) is 5.91 Å². The van der Waals surface area contributed by atoms with E-state index in [2.05, 4.69) is 9.74 Å². The van der Waals surface area contributed by atoms with Crippen LogP contribution in [0.15, 0.2) is 48.5 Å². The molecule has 2 atom stereocenters. The largest absolute Gasteiger partial charge is 0.481 e. The van der Waals surface area contributed by atoms with Gasteiger partial charge < -0.3 is 20.2 Å². The Bertz CT molecular complexity index is 916. The van der Waals surface area contributed by atoms with E-state index in [1.165, 1.54) is 0 Å². The number of carbonyl (C=O) groups excluding carboxylic acids is 3. The molecule has 0 aromatic heterocycles. The Labute approximate surface area is 168 Å². The lowest BCUT2D eigenvalue weighted by molar-refractivity contribution is -0.146. The fourth-order valence-corrected chi connectivity index (χ4v) is 3.84. The molecule has 1 amide bonds. The summed E-state index contributed by atoms with van der Waals surface area (Å²) in [7, 11) is 0. The maximum atomic E-state index is 12.8. The minimum atomic E-state index is -1.00. The number of nitrogens with two attached hydrogens (primary N) is 2. The van der Waals surface area contributed by atoms with E-state index in [9.17, 15) is 14.4 Å². The predicted molar refractivity (Wildman–Crippen MR) is 106 cm³/mol. The van der Waals surface area contributed by atoms with Crippen molar-refractivity contribution in [2.24, 2.45) is 11.6 Å². The predicted octanol–water partition coefficient (Wildman–Crippen LogP) is 1.42. The maximum absolute atomic E-state index is 12.8. The summed E-state index contributed by atoms with van der Waals surface area (Å²) in [6.45, 7) is 2.07. The number of anilines is 1. The number of benzene rings is 2. The molecule has 29 heavy (non-hydrogen) atoms. The molecule has 4 N–H and O–H groups in total. The summed E-state index contributed by atoms with van der Waals surface area (Å²) in [6.07, 6.45) is 0.607. The van der Waals surface area contributed by atoms with Gasteiger partial charge in [0.15, 0.2) is 6.61 Å². The second-order valence-electron chi connectivity index (χ2n) is 6.76. The molecule has 2 aromatic rings. The molecule has 1 heterocycles. The maximum Gasteiger partial charge on any atom is 0.362 e. The third-order valence-corrected chi connectivity index (χ3v) is 5.06. The van der Waals surface area contributed by atoms with Crippen LogP contribution in [0.2, 0.25) is 0 Å². The van der Waals surface area contributed by atoms with Gasteiger partial charge in [-0.1, -0.05) is 43.3 Å². The van der Waals surface area contributed by atoms with Crippen LogP contribution >= 0.6 is 0 Å². The SMILES string of the molecule is CCC1C(C(=O)C(N)=O)c2c(OCC(=O)ON)cccc2N1Cc1ccccc1. The van der Waals surface area contributed by atoms with Crippen LogP contribution in [0, 0.1) is 0 Å². The van der Waals surface area contributed by atoms with Crippen molar-refractivity contribution in [1.29, 1.82) is 0 Å². The highest BCUT2D eigenvalue weighted by Gasteiger charge is 2.45. The van der Waals surface area contributed by atoms with Crippen LogP contribution in [-0.4, -0.2) is 30.3 Å². The fraction of sp³-hybridized carbons (Fsp3) is 0.286. The number of hydrogen-bond donors (Lipinski definition) is 2. The molecular formula is C21H23N3O5. The molecule has 0 fully saturated rings. The Kier molecular flexibility index (Phi) is 6.13. The molecule has 0 saturated carbocycles. The summed E-state index contributed by atoms with van der Waals surface area (Å²) in [5, 5.41) is 0. The number of ether oxygens (including phenoxy) is 1. The monoisotopic (exact) mass is 397 g/mol. The van der Waals surface area contributed by atoms with Crippen LogP contribution < -0.4 is 21.3 Å². The van der Waals surface area contributed by atoms with Gasteiger partial charge in [-0.05, 0) is 24.1 Å². The second-order valence-corrected chi connectivity index (χ2v) is 6.76. The Morgan fingerprint density at radius 3 is 2.41 bits per heavy atom. The summed E-state index contributed by atoms with van der Waals surface area (Å²) < 4.78 is 5.57. The molecule has 3 rings (SSSR count). The molecule has 8 nitrogen and oxygen atoms in total. The van der Waals surface area contributed by atoms with Crippen LogP contribution in [0.4, 0.5) is 5.69 Å². The van der Waals surface area contributed by atoms with E-state index in [0.29, 0.717) is 24.3 Å². The second kappa shape index (κ2) is 8.74. The topological polar surface area (TPSA) is 125 Å².